The summed E-state index contributed by atoms with van der Waals surface area (Å²) >= 11 is 0. The average Bonchev–Trinajstić information content (AvgIpc) is 3.25. The van der Waals surface area contributed by atoms with E-state index in [1.165, 1.54) is 25.7 Å². The summed E-state index contributed by atoms with van der Waals surface area (Å²) in [5.41, 5.74) is 0. The van der Waals surface area contributed by atoms with Gasteiger partial charge in [-0.25, -0.2) is 0 Å². The quantitative estimate of drug-likeness (QED) is 0.0348. The van der Waals surface area contributed by atoms with Crippen LogP contribution in [0.2, 0.25) is 0 Å². The highest BCUT2D eigenvalue weighted by Crippen LogP contribution is 2.10. The minimum Gasteiger partial charge on any atom is -0.462 e. The monoisotopic (exact) mass is 829 g/mol. The van der Waals surface area contributed by atoms with Gasteiger partial charge >= 0.3 is 11.9 Å². The number of hydrogen-bond acceptors (Lipinski definition) is 5. The van der Waals surface area contributed by atoms with Crippen molar-refractivity contribution in [3.8, 4) is 0 Å². The molecule has 5 nitrogen and oxygen atoms in total. The molecule has 0 saturated carbocycles. The Kier molecular flexibility index (Phi) is 46.6. The van der Waals surface area contributed by atoms with Gasteiger partial charge in [-0.05, 0) is 109 Å². The third-order valence-electron chi connectivity index (χ3n) is 9.49. The fourth-order valence-corrected chi connectivity index (χ4v) is 5.97. The lowest BCUT2D eigenvalue weighted by molar-refractivity contribution is -0.163. The van der Waals surface area contributed by atoms with Crippen molar-refractivity contribution in [2.45, 2.75) is 194 Å². The Morgan fingerprint density at radius 3 is 1.18 bits per heavy atom. The highest BCUT2D eigenvalue weighted by atomic mass is 16.6. The van der Waals surface area contributed by atoms with E-state index in [1.807, 2.05) is 0 Å². The molecular formula is C55H88O5. The van der Waals surface area contributed by atoms with Gasteiger partial charge in [0.25, 0.3) is 0 Å². The van der Waals surface area contributed by atoms with Crippen LogP contribution >= 0.6 is 0 Å². The first-order chi connectivity index (χ1) is 29.6. The summed E-state index contributed by atoms with van der Waals surface area (Å²) in [4.78, 5) is 25.2. The number of rotatable bonds is 42. The first-order valence-corrected chi connectivity index (χ1v) is 24.1. The molecule has 0 N–H and O–H groups in total. The maximum absolute atomic E-state index is 12.7. The van der Waals surface area contributed by atoms with Crippen molar-refractivity contribution in [2.24, 2.45) is 0 Å². The Labute approximate surface area is 369 Å². The third-order valence-corrected chi connectivity index (χ3v) is 9.49. The maximum Gasteiger partial charge on any atom is 0.306 e. The number of carbonyl (C=O) groups is 2. The Hall–Kier alpha value is -3.70. The van der Waals surface area contributed by atoms with Crippen LogP contribution in [0, 0.1) is 0 Å². The number of esters is 2. The summed E-state index contributed by atoms with van der Waals surface area (Å²) in [6.45, 7) is 7.46. The van der Waals surface area contributed by atoms with Crippen LogP contribution in [0.5, 0.6) is 0 Å². The highest BCUT2D eigenvalue weighted by Gasteiger charge is 2.17. The molecule has 0 fully saturated rings. The van der Waals surface area contributed by atoms with Crippen LogP contribution in [0.15, 0.2) is 122 Å². The zero-order valence-corrected chi connectivity index (χ0v) is 38.7. The third kappa shape index (κ3) is 47.0. The largest absolute Gasteiger partial charge is 0.462 e. The van der Waals surface area contributed by atoms with Gasteiger partial charge in [0.2, 0.25) is 0 Å². The van der Waals surface area contributed by atoms with E-state index in [0.717, 1.165) is 128 Å². The number of carbonyl (C=O) groups excluding carboxylic acids is 2. The van der Waals surface area contributed by atoms with E-state index in [4.69, 9.17) is 14.2 Å². The molecule has 0 amide bonds. The molecule has 0 bridgehead atoms. The zero-order valence-electron chi connectivity index (χ0n) is 38.7. The summed E-state index contributed by atoms with van der Waals surface area (Å²) in [7, 11) is 0. The van der Waals surface area contributed by atoms with Crippen molar-refractivity contribution in [1.82, 2.24) is 0 Å². The normalized spacial score (nSPS) is 13.3. The molecule has 60 heavy (non-hydrogen) atoms. The van der Waals surface area contributed by atoms with Crippen LogP contribution in [0.3, 0.4) is 0 Å². The Bertz CT molecular complexity index is 1260. The van der Waals surface area contributed by atoms with Crippen molar-refractivity contribution in [1.29, 1.82) is 0 Å². The molecule has 0 aromatic carbocycles. The second-order valence-corrected chi connectivity index (χ2v) is 15.3. The summed E-state index contributed by atoms with van der Waals surface area (Å²) in [6, 6.07) is 0. The molecule has 1 unspecified atom stereocenters. The predicted molar refractivity (Wildman–Crippen MR) is 260 cm³/mol. The van der Waals surface area contributed by atoms with Gasteiger partial charge in [-0.3, -0.25) is 9.59 Å². The van der Waals surface area contributed by atoms with Crippen LogP contribution in [0.4, 0.5) is 0 Å². The van der Waals surface area contributed by atoms with Gasteiger partial charge < -0.3 is 14.2 Å². The molecule has 0 radical (unpaired) electrons. The lowest BCUT2D eigenvalue weighted by atomic mass is 10.1. The molecule has 0 saturated heterocycles. The van der Waals surface area contributed by atoms with Crippen molar-refractivity contribution in [3.63, 3.8) is 0 Å². The Morgan fingerprint density at radius 1 is 0.383 bits per heavy atom. The Morgan fingerprint density at radius 2 is 0.750 bits per heavy atom. The SMILES string of the molecule is CC/C=C\C/C=C\C/C=C\C/C=C\C/C=C\CCCCCC(=O)OCC(COCCCCCCCC)OC(=O)CCCCC/C=C\C/C=C\C/C=C\C/C=C\C/C=C\CC. The summed E-state index contributed by atoms with van der Waals surface area (Å²) in [6.07, 6.45) is 69.3. The second kappa shape index (κ2) is 49.7. The molecule has 338 valence electrons. The summed E-state index contributed by atoms with van der Waals surface area (Å²) < 4.78 is 17.2. The molecule has 0 heterocycles. The van der Waals surface area contributed by atoms with Gasteiger partial charge in [-0.15, -0.1) is 0 Å². The van der Waals surface area contributed by atoms with Gasteiger partial charge in [0.15, 0.2) is 6.10 Å². The molecule has 0 rings (SSSR count). The van der Waals surface area contributed by atoms with Crippen molar-refractivity contribution in [3.05, 3.63) is 122 Å². The number of allylic oxidation sites excluding steroid dienone is 20. The number of ether oxygens (including phenoxy) is 3. The lowest BCUT2D eigenvalue weighted by Gasteiger charge is -2.18. The fraction of sp³-hybridized carbons (Fsp3) is 0.600. The average molecular weight is 829 g/mol. The van der Waals surface area contributed by atoms with Crippen molar-refractivity contribution in [2.75, 3.05) is 19.8 Å². The van der Waals surface area contributed by atoms with Crippen molar-refractivity contribution >= 4 is 11.9 Å². The molecular weight excluding hydrogens is 741 g/mol. The minimum atomic E-state index is -0.571. The van der Waals surface area contributed by atoms with E-state index in [-0.39, 0.29) is 25.2 Å². The van der Waals surface area contributed by atoms with Gasteiger partial charge in [0, 0.05) is 19.4 Å². The molecule has 0 aromatic rings. The minimum absolute atomic E-state index is 0.0468. The fourth-order valence-electron chi connectivity index (χ4n) is 5.97. The van der Waals surface area contributed by atoms with E-state index in [9.17, 15) is 9.59 Å². The van der Waals surface area contributed by atoms with Gasteiger partial charge in [0.1, 0.15) is 6.61 Å². The second-order valence-electron chi connectivity index (χ2n) is 15.3. The lowest BCUT2D eigenvalue weighted by Crippen LogP contribution is -2.30. The number of unbranched alkanes of at least 4 members (excludes halogenated alkanes) is 11. The van der Waals surface area contributed by atoms with E-state index in [0.29, 0.717) is 19.4 Å². The molecule has 1 atom stereocenters. The van der Waals surface area contributed by atoms with E-state index < -0.39 is 6.10 Å². The molecule has 0 aromatic heterocycles. The van der Waals surface area contributed by atoms with Gasteiger partial charge in [-0.2, -0.15) is 0 Å². The van der Waals surface area contributed by atoms with Crippen LogP contribution < -0.4 is 0 Å². The zero-order chi connectivity index (χ0) is 43.5. The predicted octanol–water partition coefficient (Wildman–Crippen LogP) is 16.2. The smallest absolute Gasteiger partial charge is 0.306 e. The first kappa shape index (κ1) is 56.3. The van der Waals surface area contributed by atoms with E-state index in [1.54, 1.807) is 0 Å². The molecule has 5 heteroatoms. The molecule has 0 spiro atoms. The highest BCUT2D eigenvalue weighted by molar-refractivity contribution is 5.70. The topological polar surface area (TPSA) is 61.8 Å². The van der Waals surface area contributed by atoms with Crippen LogP contribution in [-0.2, 0) is 23.8 Å². The molecule has 0 aliphatic heterocycles. The molecule has 0 aliphatic carbocycles. The Balaban J connectivity index is 4.26. The van der Waals surface area contributed by atoms with Crippen LogP contribution in [0.25, 0.3) is 0 Å². The molecule has 0 aliphatic rings. The maximum atomic E-state index is 12.7. The standard InChI is InChI=1S/C55H88O5/c1-4-7-10-13-16-18-20-22-24-26-28-30-32-34-36-38-40-42-45-48-54(56)59-52-53(51-58-50-47-44-15-12-9-6-3)60-55(57)49-46-43-41-39-37-35-33-31-29-27-25-23-21-19-17-14-11-8-5-2/h7-8,10-11,16-19,22-25,28-31,34-37,53H,4-6,9,12-15,20-21,26-27,32-33,38-52H2,1-3H3/b10-7-,11-8-,18-16-,19-17-,24-22-,25-23-,30-28-,31-29-,36-34-,37-35-. The van der Waals surface area contributed by atoms with Crippen molar-refractivity contribution < 1.29 is 23.8 Å². The number of hydrogen-bond donors (Lipinski definition) is 0. The summed E-state index contributed by atoms with van der Waals surface area (Å²) in [5.74, 6) is -0.485. The first-order valence-electron chi connectivity index (χ1n) is 24.1. The van der Waals surface area contributed by atoms with E-state index in [2.05, 4.69) is 142 Å². The van der Waals surface area contributed by atoms with Gasteiger partial charge in [-0.1, -0.05) is 187 Å². The van der Waals surface area contributed by atoms with E-state index >= 15 is 0 Å². The van der Waals surface area contributed by atoms with Crippen LogP contribution in [0.1, 0.15) is 188 Å². The van der Waals surface area contributed by atoms with Gasteiger partial charge in [0.05, 0.1) is 6.61 Å². The summed E-state index contributed by atoms with van der Waals surface area (Å²) in [5, 5.41) is 0. The van der Waals surface area contributed by atoms with Crippen LogP contribution in [-0.4, -0.2) is 37.9 Å².